The molecule has 0 aliphatic rings. The minimum Gasteiger partial charge on any atom is -0.370 e. The number of guanidine groups is 1. The first-order chi connectivity index (χ1) is 11.6. The van der Waals surface area contributed by atoms with Crippen LogP contribution in [0.25, 0.3) is 5.69 Å². The number of nitrogens with one attached hydrogen (secondary N) is 1. The highest BCUT2D eigenvalue weighted by Crippen LogP contribution is 2.16. The lowest BCUT2D eigenvalue weighted by Crippen LogP contribution is -2.22. The van der Waals surface area contributed by atoms with Gasteiger partial charge in [0.05, 0.1) is 18.6 Å². The number of halogens is 1. The molecule has 0 aliphatic heterocycles. The summed E-state index contributed by atoms with van der Waals surface area (Å²) in [6, 6.07) is 14.2. The maximum atomic E-state index is 6.03. The van der Waals surface area contributed by atoms with Gasteiger partial charge in [0.2, 0.25) is 0 Å². The molecule has 0 unspecified atom stereocenters. The van der Waals surface area contributed by atoms with Crippen molar-refractivity contribution < 1.29 is 0 Å². The van der Waals surface area contributed by atoms with Crippen LogP contribution in [0.2, 0.25) is 0 Å². The van der Waals surface area contributed by atoms with E-state index in [2.05, 4.69) is 41.3 Å². The van der Waals surface area contributed by atoms with Gasteiger partial charge in [-0.3, -0.25) is 0 Å². The zero-order valence-electron chi connectivity index (χ0n) is 14.3. The lowest BCUT2D eigenvalue weighted by atomic mass is 10.1. The highest BCUT2D eigenvalue weighted by molar-refractivity contribution is 14.0. The molecule has 0 bridgehead atoms. The molecule has 0 saturated carbocycles. The van der Waals surface area contributed by atoms with E-state index >= 15 is 0 Å². The molecule has 2 aromatic carbocycles. The Morgan fingerprint density at radius 3 is 2.68 bits per heavy atom. The predicted molar refractivity (Wildman–Crippen MR) is 114 cm³/mol. The van der Waals surface area contributed by atoms with Gasteiger partial charge in [0.1, 0.15) is 0 Å². The molecule has 3 rings (SSSR count). The Hall–Kier alpha value is -2.35. The number of aromatic nitrogens is 2. The van der Waals surface area contributed by atoms with Crippen molar-refractivity contribution in [3.05, 3.63) is 77.9 Å². The summed E-state index contributed by atoms with van der Waals surface area (Å²) in [5.74, 6) is 0.402. The maximum Gasteiger partial charge on any atom is 0.193 e. The molecule has 0 radical (unpaired) electrons. The smallest absolute Gasteiger partial charge is 0.193 e. The molecule has 0 aliphatic carbocycles. The fraction of sp³-hybridized carbons (Fsp3) is 0.158. The second-order valence-corrected chi connectivity index (χ2v) is 5.72. The van der Waals surface area contributed by atoms with Crippen LogP contribution in [0.4, 0.5) is 5.69 Å². The third-order valence-corrected chi connectivity index (χ3v) is 3.97. The lowest BCUT2D eigenvalue weighted by Gasteiger charge is -2.10. The van der Waals surface area contributed by atoms with Crippen LogP contribution in [0, 0.1) is 13.8 Å². The number of rotatable bonds is 4. The molecule has 6 heteroatoms. The van der Waals surface area contributed by atoms with Gasteiger partial charge in [0, 0.05) is 18.1 Å². The zero-order valence-corrected chi connectivity index (χ0v) is 16.6. The summed E-state index contributed by atoms with van der Waals surface area (Å²) in [5, 5.41) is 3.14. The quantitative estimate of drug-likeness (QED) is 0.361. The summed E-state index contributed by atoms with van der Waals surface area (Å²) in [5.41, 5.74) is 11.6. The van der Waals surface area contributed by atoms with E-state index in [1.54, 1.807) is 12.5 Å². The van der Waals surface area contributed by atoms with E-state index in [1.807, 2.05) is 41.1 Å². The molecule has 1 heterocycles. The molecular weight excluding hydrogens is 425 g/mol. The SMILES string of the molecule is Cc1ccc(NC(N)=NCc2ccccc2-n2ccnc2)cc1C.I. The van der Waals surface area contributed by atoms with E-state index in [9.17, 15) is 0 Å². The van der Waals surface area contributed by atoms with Crippen molar-refractivity contribution in [2.24, 2.45) is 10.7 Å². The minimum atomic E-state index is 0. The summed E-state index contributed by atoms with van der Waals surface area (Å²) >= 11 is 0. The van der Waals surface area contributed by atoms with Crippen molar-refractivity contribution in [1.29, 1.82) is 0 Å². The number of hydrogen-bond donors (Lipinski definition) is 2. The van der Waals surface area contributed by atoms with Crippen molar-refractivity contribution in [3.8, 4) is 5.69 Å². The number of imidazole rings is 1. The Balaban J connectivity index is 0.00000225. The van der Waals surface area contributed by atoms with Gasteiger partial charge in [-0.25, -0.2) is 9.98 Å². The molecule has 5 nitrogen and oxygen atoms in total. The van der Waals surface area contributed by atoms with Gasteiger partial charge in [0.15, 0.2) is 5.96 Å². The first-order valence-electron chi connectivity index (χ1n) is 7.84. The number of nitrogens with zero attached hydrogens (tertiary/aromatic N) is 3. The molecular formula is C19H22IN5. The van der Waals surface area contributed by atoms with Gasteiger partial charge in [-0.2, -0.15) is 0 Å². The Kier molecular flexibility index (Phi) is 6.58. The third kappa shape index (κ3) is 4.82. The molecule has 130 valence electrons. The Morgan fingerprint density at radius 2 is 1.96 bits per heavy atom. The van der Waals surface area contributed by atoms with Gasteiger partial charge >= 0.3 is 0 Å². The number of nitrogens with two attached hydrogens (primary N) is 1. The van der Waals surface area contributed by atoms with Crippen LogP contribution in [0.1, 0.15) is 16.7 Å². The predicted octanol–water partition coefficient (Wildman–Crippen LogP) is 4.03. The molecule has 3 aromatic rings. The summed E-state index contributed by atoms with van der Waals surface area (Å²) in [6.07, 6.45) is 5.45. The van der Waals surface area contributed by atoms with Crippen LogP contribution in [0.3, 0.4) is 0 Å². The molecule has 25 heavy (non-hydrogen) atoms. The Morgan fingerprint density at radius 1 is 1.16 bits per heavy atom. The number of aliphatic imine (C=N–C) groups is 1. The maximum absolute atomic E-state index is 6.03. The van der Waals surface area contributed by atoms with Crippen LogP contribution >= 0.6 is 24.0 Å². The molecule has 0 saturated heterocycles. The van der Waals surface area contributed by atoms with E-state index in [0.29, 0.717) is 12.5 Å². The highest BCUT2D eigenvalue weighted by atomic mass is 127. The van der Waals surface area contributed by atoms with Gasteiger partial charge in [-0.1, -0.05) is 24.3 Å². The van der Waals surface area contributed by atoms with Crippen molar-refractivity contribution in [2.75, 3.05) is 5.32 Å². The molecule has 1 aromatic heterocycles. The van der Waals surface area contributed by atoms with Gasteiger partial charge in [0.25, 0.3) is 0 Å². The topological polar surface area (TPSA) is 68.2 Å². The average Bonchev–Trinajstić information content (AvgIpc) is 3.11. The normalized spacial score (nSPS) is 11.0. The van der Waals surface area contributed by atoms with E-state index in [4.69, 9.17) is 5.73 Å². The summed E-state index contributed by atoms with van der Waals surface area (Å²) in [7, 11) is 0. The molecule has 0 atom stereocenters. The third-order valence-electron chi connectivity index (χ3n) is 3.97. The van der Waals surface area contributed by atoms with E-state index < -0.39 is 0 Å². The fourth-order valence-corrected chi connectivity index (χ4v) is 2.47. The van der Waals surface area contributed by atoms with E-state index in [1.165, 1.54) is 11.1 Å². The van der Waals surface area contributed by atoms with E-state index in [0.717, 1.165) is 16.9 Å². The minimum absolute atomic E-state index is 0. The molecule has 0 spiro atoms. The second-order valence-electron chi connectivity index (χ2n) is 5.72. The van der Waals surface area contributed by atoms with Crippen LogP contribution in [0.15, 0.2) is 66.2 Å². The largest absolute Gasteiger partial charge is 0.370 e. The summed E-state index contributed by atoms with van der Waals surface area (Å²) < 4.78 is 1.97. The molecule has 0 amide bonds. The van der Waals surface area contributed by atoms with Gasteiger partial charge in [-0.05, 0) is 48.7 Å². The van der Waals surface area contributed by atoms with E-state index in [-0.39, 0.29) is 24.0 Å². The van der Waals surface area contributed by atoms with Gasteiger partial charge in [-0.15, -0.1) is 24.0 Å². The lowest BCUT2D eigenvalue weighted by molar-refractivity contribution is 0.980. The number of para-hydroxylation sites is 1. The van der Waals surface area contributed by atoms with Gasteiger partial charge < -0.3 is 15.6 Å². The van der Waals surface area contributed by atoms with Crippen molar-refractivity contribution >= 4 is 35.6 Å². The zero-order chi connectivity index (χ0) is 16.9. The van der Waals surface area contributed by atoms with Crippen LogP contribution in [-0.2, 0) is 6.54 Å². The monoisotopic (exact) mass is 447 g/mol. The van der Waals surface area contributed by atoms with Crippen LogP contribution < -0.4 is 11.1 Å². The number of anilines is 1. The number of benzene rings is 2. The Bertz CT molecular complexity index is 856. The van der Waals surface area contributed by atoms with Crippen molar-refractivity contribution in [3.63, 3.8) is 0 Å². The summed E-state index contributed by atoms with van der Waals surface area (Å²) in [4.78, 5) is 8.56. The Labute approximate surface area is 165 Å². The first-order valence-corrected chi connectivity index (χ1v) is 7.84. The first kappa shape index (κ1) is 19.0. The fourth-order valence-electron chi connectivity index (χ4n) is 2.47. The average molecular weight is 447 g/mol. The van der Waals surface area contributed by atoms with Crippen molar-refractivity contribution in [2.45, 2.75) is 20.4 Å². The second kappa shape index (κ2) is 8.66. The summed E-state index contributed by atoms with van der Waals surface area (Å²) in [6.45, 7) is 4.66. The van der Waals surface area contributed by atoms with Crippen molar-refractivity contribution in [1.82, 2.24) is 9.55 Å². The number of aryl methyl sites for hydroxylation is 2. The molecule has 3 N–H and O–H groups in total. The van der Waals surface area contributed by atoms with Crippen LogP contribution in [-0.4, -0.2) is 15.5 Å². The number of hydrogen-bond acceptors (Lipinski definition) is 2. The van der Waals surface area contributed by atoms with Crippen LogP contribution in [0.5, 0.6) is 0 Å². The highest BCUT2D eigenvalue weighted by Gasteiger charge is 2.03. The standard InChI is InChI=1S/C19H21N5.HI/c1-14-7-8-17(11-15(14)2)23-19(20)22-12-16-5-3-4-6-18(16)24-10-9-21-13-24;/h3-11,13H,12H2,1-2H3,(H3,20,22,23);1H. The molecule has 0 fully saturated rings.